The highest BCUT2D eigenvalue weighted by molar-refractivity contribution is 6.35. The highest BCUT2D eigenvalue weighted by Crippen LogP contribution is 2.26. The summed E-state index contributed by atoms with van der Waals surface area (Å²) < 4.78 is 0. The third-order valence-corrected chi connectivity index (χ3v) is 3.99. The maximum Gasteiger partial charge on any atom is 0.255 e. The van der Waals surface area contributed by atoms with E-state index in [2.05, 4.69) is 17.2 Å². The average Bonchev–Trinajstić information content (AvgIpc) is 2.56. The molecular formula is C17H19Cl2N3O. The second kappa shape index (κ2) is 8.18. The van der Waals surface area contributed by atoms with Gasteiger partial charge >= 0.3 is 0 Å². The molecule has 23 heavy (non-hydrogen) atoms. The van der Waals surface area contributed by atoms with Crippen LogP contribution in [0.15, 0.2) is 36.5 Å². The van der Waals surface area contributed by atoms with Crippen molar-refractivity contribution in [2.45, 2.75) is 19.8 Å². The summed E-state index contributed by atoms with van der Waals surface area (Å²) in [5.74, 6) is 0.519. The topological polar surface area (TPSA) is 45.2 Å². The zero-order chi connectivity index (χ0) is 16.8. The Balaban J connectivity index is 2.15. The van der Waals surface area contributed by atoms with E-state index in [9.17, 15) is 4.79 Å². The summed E-state index contributed by atoms with van der Waals surface area (Å²) in [5.41, 5.74) is 1.01. The number of unbranched alkanes of at least 4 members (excludes halogenated alkanes) is 1. The molecule has 2 rings (SSSR count). The molecule has 0 unspecified atom stereocenters. The Morgan fingerprint density at radius 3 is 2.78 bits per heavy atom. The van der Waals surface area contributed by atoms with Crippen LogP contribution in [0.4, 0.5) is 11.5 Å². The summed E-state index contributed by atoms with van der Waals surface area (Å²) >= 11 is 12.0. The van der Waals surface area contributed by atoms with Gasteiger partial charge in [0.15, 0.2) is 0 Å². The number of anilines is 2. The third kappa shape index (κ3) is 4.85. The zero-order valence-electron chi connectivity index (χ0n) is 13.1. The predicted molar refractivity (Wildman–Crippen MR) is 96.8 cm³/mol. The van der Waals surface area contributed by atoms with Gasteiger partial charge in [0.05, 0.1) is 10.7 Å². The van der Waals surface area contributed by atoms with Crippen LogP contribution in [0, 0.1) is 0 Å². The molecule has 0 saturated heterocycles. The molecule has 0 radical (unpaired) electrons. The Hall–Kier alpha value is -1.78. The minimum Gasteiger partial charge on any atom is -0.360 e. The van der Waals surface area contributed by atoms with Crippen molar-refractivity contribution in [3.8, 4) is 0 Å². The Morgan fingerprint density at radius 2 is 2.04 bits per heavy atom. The number of rotatable bonds is 6. The highest BCUT2D eigenvalue weighted by atomic mass is 35.5. The fourth-order valence-corrected chi connectivity index (χ4v) is 2.40. The number of hydrogen-bond acceptors (Lipinski definition) is 3. The van der Waals surface area contributed by atoms with Gasteiger partial charge in [0.1, 0.15) is 5.82 Å². The SMILES string of the molecule is CCCCN(C)c1cc(C(=O)Nc2cc(Cl)ccc2Cl)ccn1. The van der Waals surface area contributed by atoms with Crippen LogP contribution in [-0.4, -0.2) is 24.5 Å². The van der Waals surface area contributed by atoms with Gasteiger partial charge in [0, 0.05) is 30.4 Å². The molecule has 0 aliphatic rings. The lowest BCUT2D eigenvalue weighted by Gasteiger charge is -2.18. The first-order chi connectivity index (χ1) is 11.0. The molecule has 1 aromatic carbocycles. The van der Waals surface area contributed by atoms with Crippen molar-refractivity contribution in [1.82, 2.24) is 4.98 Å². The number of amides is 1. The molecule has 0 spiro atoms. The minimum absolute atomic E-state index is 0.248. The second-order valence-corrected chi connectivity index (χ2v) is 6.10. The van der Waals surface area contributed by atoms with Crippen LogP contribution in [0.1, 0.15) is 30.1 Å². The van der Waals surface area contributed by atoms with Crippen LogP contribution in [0.25, 0.3) is 0 Å². The minimum atomic E-state index is -0.248. The molecule has 0 fully saturated rings. The number of pyridine rings is 1. The Morgan fingerprint density at radius 1 is 1.26 bits per heavy atom. The zero-order valence-corrected chi connectivity index (χ0v) is 14.7. The normalized spacial score (nSPS) is 10.4. The van der Waals surface area contributed by atoms with Gasteiger partial charge in [0.2, 0.25) is 0 Å². The van der Waals surface area contributed by atoms with Gasteiger partial charge in [-0.05, 0) is 36.8 Å². The van der Waals surface area contributed by atoms with Crippen molar-refractivity contribution in [2.75, 3.05) is 23.8 Å². The van der Waals surface area contributed by atoms with E-state index < -0.39 is 0 Å². The lowest BCUT2D eigenvalue weighted by atomic mass is 10.2. The molecule has 122 valence electrons. The number of benzene rings is 1. The van der Waals surface area contributed by atoms with E-state index in [1.165, 1.54) is 0 Å². The van der Waals surface area contributed by atoms with E-state index in [1.54, 1.807) is 36.5 Å². The van der Waals surface area contributed by atoms with Crippen LogP contribution in [0.3, 0.4) is 0 Å². The lowest BCUT2D eigenvalue weighted by molar-refractivity contribution is 0.102. The second-order valence-electron chi connectivity index (χ2n) is 5.26. The van der Waals surface area contributed by atoms with Crippen LogP contribution in [0.5, 0.6) is 0 Å². The molecule has 2 aromatic rings. The maximum atomic E-state index is 12.4. The molecule has 0 bridgehead atoms. The average molecular weight is 352 g/mol. The molecule has 0 saturated carbocycles. The van der Waals surface area contributed by atoms with Crippen LogP contribution in [-0.2, 0) is 0 Å². The van der Waals surface area contributed by atoms with E-state index in [0.717, 1.165) is 25.2 Å². The molecular weight excluding hydrogens is 333 g/mol. The summed E-state index contributed by atoms with van der Waals surface area (Å²) in [4.78, 5) is 18.8. The summed E-state index contributed by atoms with van der Waals surface area (Å²) in [5, 5.41) is 3.73. The number of halogens is 2. The first-order valence-corrected chi connectivity index (χ1v) is 8.20. The Labute approximate surface area is 146 Å². The van der Waals surface area contributed by atoms with Crippen LogP contribution >= 0.6 is 23.2 Å². The first kappa shape index (κ1) is 17.6. The highest BCUT2D eigenvalue weighted by Gasteiger charge is 2.11. The molecule has 1 N–H and O–H groups in total. The molecule has 0 aliphatic carbocycles. The van der Waals surface area contributed by atoms with Gasteiger partial charge in [-0.15, -0.1) is 0 Å². The van der Waals surface area contributed by atoms with Crippen molar-refractivity contribution in [1.29, 1.82) is 0 Å². The van der Waals surface area contributed by atoms with Gasteiger partial charge in [-0.3, -0.25) is 4.79 Å². The van der Waals surface area contributed by atoms with Crippen molar-refractivity contribution in [3.63, 3.8) is 0 Å². The molecule has 0 aliphatic heterocycles. The van der Waals surface area contributed by atoms with Gasteiger partial charge in [0.25, 0.3) is 5.91 Å². The fourth-order valence-electron chi connectivity index (χ4n) is 2.07. The number of hydrogen-bond donors (Lipinski definition) is 1. The van der Waals surface area contributed by atoms with Crippen molar-refractivity contribution >= 4 is 40.6 Å². The predicted octanol–water partition coefficient (Wildman–Crippen LogP) is 4.88. The molecule has 1 aromatic heterocycles. The van der Waals surface area contributed by atoms with Gasteiger partial charge in [-0.25, -0.2) is 4.98 Å². The summed E-state index contributed by atoms with van der Waals surface area (Å²) in [6.07, 6.45) is 3.82. The standard InChI is InChI=1S/C17H19Cl2N3O/c1-3-4-9-22(2)16-10-12(7-8-20-16)17(23)21-15-11-13(18)5-6-14(15)19/h5-8,10-11H,3-4,9H2,1-2H3,(H,21,23). The smallest absolute Gasteiger partial charge is 0.255 e. The van der Waals surface area contributed by atoms with Crippen LogP contribution in [0.2, 0.25) is 10.0 Å². The fraction of sp³-hybridized carbons (Fsp3) is 0.294. The quantitative estimate of drug-likeness (QED) is 0.806. The number of nitrogens with one attached hydrogen (secondary N) is 1. The van der Waals surface area contributed by atoms with Crippen molar-refractivity contribution in [2.24, 2.45) is 0 Å². The Kier molecular flexibility index (Phi) is 6.25. The molecule has 0 atom stereocenters. The van der Waals surface area contributed by atoms with E-state index in [4.69, 9.17) is 23.2 Å². The number of nitrogens with zero attached hydrogens (tertiary/aromatic N) is 2. The monoisotopic (exact) mass is 351 g/mol. The molecule has 1 heterocycles. The van der Waals surface area contributed by atoms with E-state index in [-0.39, 0.29) is 5.91 Å². The van der Waals surface area contributed by atoms with E-state index >= 15 is 0 Å². The summed E-state index contributed by atoms with van der Waals surface area (Å²) in [6, 6.07) is 8.38. The number of carbonyl (C=O) groups excluding carboxylic acids is 1. The van der Waals surface area contributed by atoms with Gasteiger partial charge < -0.3 is 10.2 Å². The van der Waals surface area contributed by atoms with Crippen LogP contribution < -0.4 is 10.2 Å². The maximum absolute atomic E-state index is 12.4. The van der Waals surface area contributed by atoms with Crippen molar-refractivity contribution < 1.29 is 4.79 Å². The van der Waals surface area contributed by atoms with E-state index in [1.807, 2.05) is 11.9 Å². The largest absolute Gasteiger partial charge is 0.360 e. The first-order valence-electron chi connectivity index (χ1n) is 7.45. The molecule has 1 amide bonds. The van der Waals surface area contributed by atoms with E-state index in [0.29, 0.717) is 21.3 Å². The molecule has 4 nitrogen and oxygen atoms in total. The van der Waals surface area contributed by atoms with Crippen molar-refractivity contribution in [3.05, 3.63) is 52.1 Å². The third-order valence-electron chi connectivity index (χ3n) is 3.42. The Bertz CT molecular complexity index is 691. The summed E-state index contributed by atoms with van der Waals surface area (Å²) in [6.45, 7) is 3.04. The summed E-state index contributed by atoms with van der Waals surface area (Å²) in [7, 11) is 1.97. The number of carbonyl (C=O) groups is 1. The van der Waals surface area contributed by atoms with Gasteiger partial charge in [-0.1, -0.05) is 36.5 Å². The lowest BCUT2D eigenvalue weighted by Crippen LogP contribution is -2.20. The van der Waals surface area contributed by atoms with Gasteiger partial charge in [-0.2, -0.15) is 0 Å². The number of aromatic nitrogens is 1. The molecule has 6 heteroatoms.